The minimum Gasteiger partial charge on any atom is -0.394 e. The Labute approximate surface area is 113 Å². The summed E-state index contributed by atoms with van der Waals surface area (Å²) in [5.74, 6) is 1.43. The monoisotopic (exact) mass is 276 g/mol. The van der Waals surface area contributed by atoms with Crippen molar-refractivity contribution in [1.82, 2.24) is 5.32 Å². The van der Waals surface area contributed by atoms with Gasteiger partial charge in [-0.15, -0.1) is 0 Å². The van der Waals surface area contributed by atoms with Crippen molar-refractivity contribution in [3.8, 4) is 0 Å². The molecule has 5 N–H and O–H groups in total. The number of aliphatic hydroxyl groups excluding tert-OH is 2. The Morgan fingerprint density at radius 1 is 1.67 bits per heavy atom. The average molecular weight is 276 g/mol. The third kappa shape index (κ3) is 3.60. The van der Waals surface area contributed by atoms with Crippen molar-refractivity contribution in [3.63, 3.8) is 0 Å². The molecule has 6 heteroatoms. The molecule has 1 aliphatic carbocycles. The van der Waals surface area contributed by atoms with Crippen LogP contribution in [0.2, 0.25) is 0 Å². The molecule has 3 unspecified atom stereocenters. The molecule has 0 saturated heterocycles. The van der Waals surface area contributed by atoms with Crippen molar-refractivity contribution >= 4 is 17.7 Å². The van der Waals surface area contributed by atoms with E-state index >= 15 is 0 Å². The molecule has 0 aliphatic heterocycles. The molecule has 3 atom stereocenters. The summed E-state index contributed by atoms with van der Waals surface area (Å²) >= 11 is 1.61. The van der Waals surface area contributed by atoms with Gasteiger partial charge < -0.3 is 21.3 Å². The van der Waals surface area contributed by atoms with Gasteiger partial charge in [0.2, 0.25) is 5.91 Å². The number of nitrogens with one attached hydrogen (secondary N) is 1. The molecular formula is C12H24N2O3S. The smallest absolute Gasteiger partial charge is 0.238 e. The summed E-state index contributed by atoms with van der Waals surface area (Å²) in [7, 11) is 1.80. The largest absolute Gasteiger partial charge is 0.394 e. The Morgan fingerprint density at radius 2 is 2.39 bits per heavy atom. The zero-order valence-corrected chi connectivity index (χ0v) is 11.7. The third-order valence-electron chi connectivity index (χ3n) is 3.84. The summed E-state index contributed by atoms with van der Waals surface area (Å²) in [4.78, 5) is 11.6. The molecule has 18 heavy (non-hydrogen) atoms. The first-order valence-electron chi connectivity index (χ1n) is 6.42. The second-order valence-corrected chi connectivity index (χ2v) is 6.02. The van der Waals surface area contributed by atoms with E-state index in [1.54, 1.807) is 18.8 Å². The van der Waals surface area contributed by atoms with Crippen LogP contribution in [-0.2, 0) is 4.79 Å². The van der Waals surface area contributed by atoms with Crippen molar-refractivity contribution in [2.24, 2.45) is 11.7 Å². The lowest BCUT2D eigenvalue weighted by Gasteiger charge is -2.32. The highest BCUT2D eigenvalue weighted by atomic mass is 32.2. The number of aliphatic hydroxyl groups is 2. The normalized spacial score (nSPS) is 29.4. The molecule has 0 bridgehead atoms. The SMILES string of the molecule is CNC1(C(N)=O)CCCC1CCSCC(O)CO. The van der Waals surface area contributed by atoms with E-state index in [1.165, 1.54) is 0 Å². The first-order valence-corrected chi connectivity index (χ1v) is 7.57. The molecule has 0 radical (unpaired) electrons. The number of hydrogen-bond acceptors (Lipinski definition) is 5. The Morgan fingerprint density at radius 3 is 2.94 bits per heavy atom. The molecular weight excluding hydrogens is 252 g/mol. The number of primary amides is 1. The quantitative estimate of drug-likeness (QED) is 0.457. The number of hydrogen-bond donors (Lipinski definition) is 4. The number of likely N-dealkylation sites (N-methyl/N-ethyl adjacent to an activating group) is 1. The van der Waals surface area contributed by atoms with Crippen LogP contribution in [0.4, 0.5) is 0 Å². The maximum atomic E-state index is 11.6. The summed E-state index contributed by atoms with van der Waals surface area (Å²) in [6.45, 7) is -0.196. The summed E-state index contributed by atoms with van der Waals surface area (Å²) in [6.07, 6.45) is 3.12. The summed E-state index contributed by atoms with van der Waals surface area (Å²) in [5.41, 5.74) is 4.98. The van der Waals surface area contributed by atoms with E-state index < -0.39 is 11.6 Å². The number of carbonyl (C=O) groups excluding carboxylic acids is 1. The standard InChI is InChI=1S/C12H24N2O3S/c1-14-12(11(13)17)5-2-3-9(12)4-6-18-8-10(16)7-15/h9-10,14-16H,2-8H2,1H3,(H2,13,17). The van der Waals surface area contributed by atoms with Crippen molar-refractivity contribution in [2.75, 3.05) is 25.2 Å². The average Bonchev–Trinajstić information content (AvgIpc) is 2.78. The van der Waals surface area contributed by atoms with Crippen LogP contribution in [0.1, 0.15) is 25.7 Å². The molecule has 0 aromatic rings. The van der Waals surface area contributed by atoms with Gasteiger partial charge in [-0.25, -0.2) is 0 Å². The van der Waals surface area contributed by atoms with Crippen LogP contribution < -0.4 is 11.1 Å². The molecule has 1 fully saturated rings. The Hall–Kier alpha value is -0.300. The number of carbonyl (C=O) groups is 1. The third-order valence-corrected chi connectivity index (χ3v) is 4.98. The second kappa shape index (κ2) is 7.33. The van der Waals surface area contributed by atoms with Crippen molar-refractivity contribution < 1.29 is 15.0 Å². The predicted molar refractivity (Wildman–Crippen MR) is 73.4 cm³/mol. The van der Waals surface area contributed by atoms with E-state index in [-0.39, 0.29) is 18.4 Å². The highest BCUT2D eigenvalue weighted by molar-refractivity contribution is 7.99. The second-order valence-electron chi connectivity index (χ2n) is 4.87. The lowest BCUT2D eigenvalue weighted by molar-refractivity contribution is -0.125. The van der Waals surface area contributed by atoms with E-state index in [2.05, 4.69) is 5.32 Å². The predicted octanol–water partition coefficient (Wildman–Crippen LogP) is -0.293. The lowest BCUT2D eigenvalue weighted by Crippen LogP contribution is -2.56. The van der Waals surface area contributed by atoms with Crippen LogP contribution in [-0.4, -0.2) is 52.9 Å². The van der Waals surface area contributed by atoms with Gasteiger partial charge in [0.05, 0.1) is 12.7 Å². The molecule has 1 saturated carbocycles. The van der Waals surface area contributed by atoms with Gasteiger partial charge in [0.1, 0.15) is 5.54 Å². The highest BCUT2D eigenvalue weighted by Gasteiger charge is 2.45. The van der Waals surface area contributed by atoms with Gasteiger partial charge in [-0.05, 0) is 38.0 Å². The van der Waals surface area contributed by atoms with E-state index in [4.69, 9.17) is 10.8 Å². The Bertz CT molecular complexity index is 278. The number of nitrogens with two attached hydrogens (primary N) is 1. The van der Waals surface area contributed by atoms with Crippen molar-refractivity contribution in [3.05, 3.63) is 0 Å². The minimum absolute atomic E-state index is 0.196. The van der Waals surface area contributed by atoms with Crippen LogP contribution in [0.3, 0.4) is 0 Å². The molecule has 0 heterocycles. The molecule has 1 aliphatic rings. The maximum absolute atomic E-state index is 11.6. The van der Waals surface area contributed by atoms with E-state index in [0.717, 1.165) is 31.4 Å². The van der Waals surface area contributed by atoms with Gasteiger partial charge in [0.25, 0.3) is 0 Å². The molecule has 1 rings (SSSR count). The van der Waals surface area contributed by atoms with Crippen molar-refractivity contribution in [1.29, 1.82) is 0 Å². The number of rotatable bonds is 8. The molecule has 0 aromatic carbocycles. The molecule has 0 spiro atoms. The summed E-state index contributed by atoms with van der Waals surface area (Å²) in [5, 5.41) is 21.0. The van der Waals surface area contributed by atoms with Crippen molar-refractivity contribution in [2.45, 2.75) is 37.3 Å². The summed E-state index contributed by atoms with van der Waals surface area (Å²) < 4.78 is 0. The van der Waals surface area contributed by atoms with E-state index in [9.17, 15) is 9.90 Å². The fraction of sp³-hybridized carbons (Fsp3) is 0.917. The highest BCUT2D eigenvalue weighted by Crippen LogP contribution is 2.38. The van der Waals surface area contributed by atoms with Gasteiger partial charge in [0, 0.05) is 5.75 Å². The van der Waals surface area contributed by atoms with Crippen LogP contribution in [0.5, 0.6) is 0 Å². The molecule has 5 nitrogen and oxygen atoms in total. The zero-order chi connectivity index (χ0) is 13.6. The fourth-order valence-corrected chi connectivity index (χ4v) is 3.74. The molecule has 1 amide bonds. The fourth-order valence-electron chi connectivity index (χ4n) is 2.74. The molecule has 106 valence electrons. The van der Waals surface area contributed by atoms with Crippen LogP contribution >= 0.6 is 11.8 Å². The number of thioether (sulfide) groups is 1. The van der Waals surface area contributed by atoms with Gasteiger partial charge >= 0.3 is 0 Å². The van der Waals surface area contributed by atoms with Gasteiger partial charge in [-0.3, -0.25) is 4.79 Å². The van der Waals surface area contributed by atoms with Crippen LogP contribution in [0.15, 0.2) is 0 Å². The van der Waals surface area contributed by atoms with Gasteiger partial charge in [0.15, 0.2) is 0 Å². The van der Waals surface area contributed by atoms with Gasteiger partial charge in [-0.2, -0.15) is 11.8 Å². The van der Waals surface area contributed by atoms with Gasteiger partial charge in [-0.1, -0.05) is 6.42 Å². The first-order chi connectivity index (χ1) is 8.56. The van der Waals surface area contributed by atoms with Crippen LogP contribution in [0.25, 0.3) is 0 Å². The Kier molecular flexibility index (Phi) is 6.42. The lowest BCUT2D eigenvalue weighted by atomic mass is 9.84. The number of amides is 1. The Balaban J connectivity index is 2.39. The first kappa shape index (κ1) is 15.8. The maximum Gasteiger partial charge on any atom is 0.238 e. The minimum atomic E-state index is -0.649. The van der Waals surface area contributed by atoms with Crippen LogP contribution in [0, 0.1) is 5.92 Å². The molecule has 0 aromatic heterocycles. The summed E-state index contributed by atoms with van der Waals surface area (Å²) in [6, 6.07) is 0. The zero-order valence-electron chi connectivity index (χ0n) is 10.9. The topological polar surface area (TPSA) is 95.6 Å². The van der Waals surface area contributed by atoms with E-state index in [0.29, 0.717) is 5.75 Å². The van der Waals surface area contributed by atoms with E-state index in [1.807, 2.05) is 0 Å².